The number of piperidine rings is 1. The number of hydrogen-bond acceptors (Lipinski definition) is 6. The number of nitrogen functional groups attached to an aromatic ring is 1. The number of aromatic nitrogens is 4. The summed E-state index contributed by atoms with van der Waals surface area (Å²) in [6, 6.07) is 8.76. The lowest BCUT2D eigenvalue weighted by Crippen LogP contribution is -2.55. The van der Waals surface area contributed by atoms with E-state index in [2.05, 4.69) is 24.9 Å². The van der Waals surface area contributed by atoms with Crippen molar-refractivity contribution in [3.05, 3.63) is 36.1 Å². The summed E-state index contributed by atoms with van der Waals surface area (Å²) >= 11 is 0. The summed E-state index contributed by atoms with van der Waals surface area (Å²) < 4.78 is 15.0. The average Bonchev–Trinajstić information content (AvgIpc) is 3.12. The van der Waals surface area contributed by atoms with Crippen LogP contribution in [0.3, 0.4) is 0 Å². The molecule has 0 radical (unpaired) electrons. The van der Waals surface area contributed by atoms with Gasteiger partial charge >= 0.3 is 0 Å². The van der Waals surface area contributed by atoms with Crippen LogP contribution in [0.4, 0.5) is 16.2 Å². The highest BCUT2D eigenvalue weighted by molar-refractivity contribution is 5.62. The Labute approximate surface area is 156 Å². The van der Waals surface area contributed by atoms with Crippen LogP contribution in [0.15, 0.2) is 30.3 Å². The van der Waals surface area contributed by atoms with Crippen molar-refractivity contribution < 1.29 is 4.39 Å². The maximum absolute atomic E-state index is 13.5. The van der Waals surface area contributed by atoms with Gasteiger partial charge in [-0.05, 0) is 31.5 Å². The summed E-state index contributed by atoms with van der Waals surface area (Å²) in [5.41, 5.74) is 7.40. The van der Waals surface area contributed by atoms with Gasteiger partial charge < -0.3 is 10.6 Å². The van der Waals surface area contributed by atoms with Gasteiger partial charge in [-0.15, -0.1) is 5.10 Å². The van der Waals surface area contributed by atoms with Crippen LogP contribution in [0.2, 0.25) is 0 Å². The zero-order valence-corrected chi connectivity index (χ0v) is 15.1. The van der Waals surface area contributed by atoms with Gasteiger partial charge in [-0.3, -0.25) is 4.90 Å². The third kappa shape index (κ3) is 2.99. The van der Waals surface area contributed by atoms with E-state index in [1.165, 1.54) is 42.5 Å². The molecule has 2 N–H and O–H groups in total. The quantitative estimate of drug-likeness (QED) is 0.748. The van der Waals surface area contributed by atoms with E-state index in [-0.39, 0.29) is 5.82 Å². The zero-order chi connectivity index (χ0) is 18.4. The van der Waals surface area contributed by atoms with Crippen molar-refractivity contribution in [1.29, 1.82) is 0 Å². The standard InChI is InChI=1S/C19H22FN7/c20-14-5-3-4-13(10-14)18-22-17-11-16(23-19(21)27(17)24-18)26-9-8-25-7-2-1-6-15(25)12-26/h3-5,10-11,15H,1-2,6-9,12H2,(H2,21,23). The van der Waals surface area contributed by atoms with E-state index in [9.17, 15) is 4.39 Å². The molecule has 0 bridgehead atoms. The van der Waals surface area contributed by atoms with E-state index < -0.39 is 0 Å². The Kier molecular flexibility index (Phi) is 3.93. The fourth-order valence-corrected chi connectivity index (χ4v) is 4.17. The molecule has 1 unspecified atom stereocenters. The summed E-state index contributed by atoms with van der Waals surface area (Å²) in [6.45, 7) is 4.16. The van der Waals surface area contributed by atoms with Crippen LogP contribution < -0.4 is 10.6 Å². The molecule has 140 valence electrons. The minimum absolute atomic E-state index is 0.295. The molecule has 0 saturated carbocycles. The van der Waals surface area contributed by atoms with Gasteiger partial charge in [0.1, 0.15) is 11.6 Å². The second-order valence-electron chi connectivity index (χ2n) is 7.32. The summed E-state index contributed by atoms with van der Waals surface area (Å²) in [6.07, 6.45) is 3.84. The van der Waals surface area contributed by atoms with E-state index in [0.717, 1.165) is 25.5 Å². The highest BCUT2D eigenvalue weighted by atomic mass is 19.1. The Morgan fingerprint density at radius 1 is 1.07 bits per heavy atom. The maximum atomic E-state index is 13.5. The van der Waals surface area contributed by atoms with Crippen LogP contribution in [0, 0.1) is 5.82 Å². The molecule has 2 aliphatic heterocycles. The molecule has 4 heterocycles. The summed E-state index contributed by atoms with van der Waals surface area (Å²) in [7, 11) is 0. The molecule has 0 amide bonds. The molecule has 27 heavy (non-hydrogen) atoms. The molecule has 1 aromatic carbocycles. The lowest BCUT2D eigenvalue weighted by molar-refractivity contribution is 0.133. The van der Waals surface area contributed by atoms with E-state index in [4.69, 9.17) is 5.73 Å². The van der Waals surface area contributed by atoms with Gasteiger partial charge in [0, 0.05) is 37.3 Å². The van der Waals surface area contributed by atoms with Crippen molar-refractivity contribution in [3.63, 3.8) is 0 Å². The normalized spacial score (nSPS) is 20.8. The highest BCUT2D eigenvalue weighted by Crippen LogP contribution is 2.26. The summed E-state index contributed by atoms with van der Waals surface area (Å²) in [5, 5.41) is 4.40. The summed E-state index contributed by atoms with van der Waals surface area (Å²) in [4.78, 5) is 14.0. The van der Waals surface area contributed by atoms with E-state index in [1.54, 1.807) is 12.1 Å². The number of fused-ring (bicyclic) bond motifs is 2. The van der Waals surface area contributed by atoms with Gasteiger partial charge in [0.25, 0.3) is 0 Å². The number of piperazine rings is 1. The van der Waals surface area contributed by atoms with Crippen molar-refractivity contribution in [2.45, 2.75) is 25.3 Å². The number of halogens is 1. The fraction of sp³-hybridized carbons (Fsp3) is 0.421. The first kappa shape index (κ1) is 16.4. The molecule has 2 aromatic heterocycles. The Hall–Kier alpha value is -2.74. The van der Waals surface area contributed by atoms with E-state index in [1.807, 2.05) is 6.07 Å². The van der Waals surface area contributed by atoms with Crippen LogP contribution in [0.5, 0.6) is 0 Å². The zero-order valence-electron chi connectivity index (χ0n) is 15.1. The first-order valence-corrected chi connectivity index (χ1v) is 9.45. The topological polar surface area (TPSA) is 75.6 Å². The molecular weight excluding hydrogens is 345 g/mol. The fourth-order valence-electron chi connectivity index (χ4n) is 4.17. The highest BCUT2D eigenvalue weighted by Gasteiger charge is 2.29. The first-order valence-electron chi connectivity index (χ1n) is 9.45. The second kappa shape index (κ2) is 6.45. The molecule has 0 spiro atoms. The Balaban J connectivity index is 1.48. The Bertz CT molecular complexity index is 985. The molecule has 8 heteroatoms. The van der Waals surface area contributed by atoms with Crippen molar-refractivity contribution >= 4 is 17.4 Å². The Morgan fingerprint density at radius 3 is 2.89 bits per heavy atom. The molecule has 2 saturated heterocycles. The van der Waals surface area contributed by atoms with Crippen molar-refractivity contribution in [2.75, 3.05) is 36.8 Å². The third-order valence-corrected chi connectivity index (χ3v) is 5.58. The van der Waals surface area contributed by atoms with Crippen molar-refractivity contribution in [2.24, 2.45) is 0 Å². The smallest absolute Gasteiger partial charge is 0.225 e. The molecule has 2 fully saturated rings. The first-order chi connectivity index (χ1) is 13.2. The molecule has 1 atom stereocenters. The summed E-state index contributed by atoms with van der Waals surface area (Å²) in [5.74, 6) is 1.26. The van der Waals surface area contributed by atoms with Gasteiger partial charge in [0.15, 0.2) is 11.5 Å². The number of hydrogen-bond donors (Lipinski definition) is 1. The van der Waals surface area contributed by atoms with E-state index in [0.29, 0.717) is 29.0 Å². The SMILES string of the molecule is Nc1nc(N2CCN3CCCCC3C2)cc2nc(-c3cccc(F)c3)nn12. The van der Waals surface area contributed by atoms with Crippen LogP contribution in [-0.4, -0.2) is 56.7 Å². The minimum Gasteiger partial charge on any atom is -0.368 e. The minimum atomic E-state index is -0.316. The molecule has 3 aromatic rings. The van der Waals surface area contributed by atoms with Gasteiger partial charge in [-0.2, -0.15) is 9.50 Å². The van der Waals surface area contributed by atoms with Crippen molar-refractivity contribution in [1.82, 2.24) is 24.5 Å². The lowest BCUT2D eigenvalue weighted by Gasteiger charge is -2.44. The second-order valence-corrected chi connectivity index (χ2v) is 7.32. The van der Waals surface area contributed by atoms with Gasteiger partial charge in [-0.25, -0.2) is 9.37 Å². The monoisotopic (exact) mass is 367 g/mol. The largest absolute Gasteiger partial charge is 0.368 e. The van der Waals surface area contributed by atoms with Gasteiger partial charge in [0.05, 0.1) is 0 Å². The number of nitrogens with two attached hydrogens (primary N) is 1. The van der Waals surface area contributed by atoms with Crippen LogP contribution in [0.25, 0.3) is 17.0 Å². The molecule has 7 nitrogen and oxygen atoms in total. The average molecular weight is 367 g/mol. The van der Waals surface area contributed by atoms with Crippen LogP contribution in [0.1, 0.15) is 19.3 Å². The van der Waals surface area contributed by atoms with Crippen LogP contribution in [-0.2, 0) is 0 Å². The number of nitrogens with zero attached hydrogens (tertiary/aromatic N) is 6. The molecule has 2 aliphatic rings. The number of anilines is 2. The molecular formula is C19H22FN7. The maximum Gasteiger partial charge on any atom is 0.225 e. The predicted octanol–water partition coefficient (Wildman–Crippen LogP) is 2.19. The number of rotatable bonds is 2. The molecule has 0 aliphatic carbocycles. The lowest BCUT2D eigenvalue weighted by atomic mass is 9.99. The van der Waals surface area contributed by atoms with Crippen LogP contribution >= 0.6 is 0 Å². The van der Waals surface area contributed by atoms with E-state index >= 15 is 0 Å². The number of benzene rings is 1. The van der Waals surface area contributed by atoms with Crippen molar-refractivity contribution in [3.8, 4) is 11.4 Å². The van der Waals surface area contributed by atoms with Gasteiger partial charge in [0.2, 0.25) is 5.95 Å². The third-order valence-electron chi connectivity index (χ3n) is 5.58. The predicted molar refractivity (Wildman–Crippen MR) is 102 cm³/mol. The molecule has 5 rings (SSSR count). The van der Waals surface area contributed by atoms with Gasteiger partial charge in [-0.1, -0.05) is 18.6 Å². The Morgan fingerprint density at radius 2 is 2.00 bits per heavy atom.